The minimum Gasteiger partial charge on any atom is -0.497 e. The topological polar surface area (TPSA) is 155 Å². The van der Waals surface area contributed by atoms with Crippen LogP contribution >= 0.6 is 11.6 Å². The van der Waals surface area contributed by atoms with Gasteiger partial charge in [0.2, 0.25) is 17.7 Å². The molecule has 2 aliphatic rings. The maximum Gasteiger partial charge on any atom is 0.268 e. The number of piperidine rings is 1. The van der Waals surface area contributed by atoms with Crippen molar-refractivity contribution in [2.24, 2.45) is 17.6 Å². The van der Waals surface area contributed by atoms with E-state index in [1.54, 1.807) is 18.2 Å². The summed E-state index contributed by atoms with van der Waals surface area (Å²) in [6, 6.07) is 3.17. The minimum atomic E-state index is -1.01. The molecule has 0 radical (unpaired) electrons. The van der Waals surface area contributed by atoms with E-state index in [1.807, 2.05) is 0 Å². The molecule has 35 heavy (non-hydrogen) atoms. The molecule has 10 nitrogen and oxygen atoms in total. The van der Waals surface area contributed by atoms with Crippen molar-refractivity contribution in [2.75, 3.05) is 13.7 Å². The van der Waals surface area contributed by atoms with Crippen molar-refractivity contribution >= 4 is 46.1 Å². The van der Waals surface area contributed by atoms with Gasteiger partial charge in [-0.25, -0.2) is 0 Å². The van der Waals surface area contributed by atoms with Crippen LogP contribution in [0.3, 0.4) is 0 Å². The molecule has 4 rings (SSSR count). The number of primary amides is 1. The number of aromatic nitrogens is 1. The fourth-order valence-electron chi connectivity index (χ4n) is 4.43. The maximum absolute atomic E-state index is 13.1. The van der Waals surface area contributed by atoms with Gasteiger partial charge in [0.25, 0.3) is 5.91 Å². The van der Waals surface area contributed by atoms with Gasteiger partial charge in [0, 0.05) is 23.9 Å². The number of fused-ring (bicyclic) bond motifs is 1. The molecule has 1 aromatic heterocycles. The Hall–Kier alpha value is -3.27. The van der Waals surface area contributed by atoms with Crippen molar-refractivity contribution in [3.63, 3.8) is 0 Å². The molecule has 0 unspecified atom stereocenters. The number of carbonyl (C=O) groups is 4. The van der Waals surface area contributed by atoms with Crippen LogP contribution in [0, 0.1) is 11.8 Å². The lowest BCUT2D eigenvalue weighted by Crippen LogP contribution is -2.54. The molecule has 1 saturated carbocycles. The van der Waals surface area contributed by atoms with E-state index in [9.17, 15) is 19.2 Å². The van der Waals surface area contributed by atoms with E-state index < -0.39 is 35.7 Å². The number of nitrogens with two attached hydrogens (primary N) is 1. The van der Waals surface area contributed by atoms with Gasteiger partial charge in [-0.3, -0.25) is 19.2 Å². The summed E-state index contributed by atoms with van der Waals surface area (Å²) in [5, 5.41) is 9.32. The number of nitrogens with one attached hydrogen (secondary N) is 4. The summed E-state index contributed by atoms with van der Waals surface area (Å²) in [4.78, 5) is 53.3. The normalized spacial score (nSPS) is 19.5. The summed E-state index contributed by atoms with van der Waals surface area (Å²) in [6.45, 7) is 0.601. The number of H-pyrrole nitrogens is 1. The van der Waals surface area contributed by atoms with Crippen LogP contribution in [-0.4, -0.2) is 54.4 Å². The van der Waals surface area contributed by atoms with Gasteiger partial charge in [-0.2, -0.15) is 0 Å². The van der Waals surface area contributed by atoms with Crippen LogP contribution in [0.2, 0.25) is 5.02 Å². The Kier molecular flexibility index (Phi) is 7.49. The van der Waals surface area contributed by atoms with Crippen molar-refractivity contribution in [3.05, 3.63) is 28.9 Å². The summed E-state index contributed by atoms with van der Waals surface area (Å²) in [5.41, 5.74) is 6.36. The number of carbonyl (C=O) groups excluding carboxylic acids is 4. The second kappa shape index (κ2) is 10.6. The monoisotopic (exact) mass is 503 g/mol. The lowest BCUT2D eigenvalue weighted by molar-refractivity contribution is -0.131. The van der Waals surface area contributed by atoms with Gasteiger partial charge < -0.3 is 31.4 Å². The molecule has 6 N–H and O–H groups in total. The number of hydrogen-bond acceptors (Lipinski definition) is 5. The van der Waals surface area contributed by atoms with Gasteiger partial charge in [-0.1, -0.05) is 24.4 Å². The molecule has 2 heterocycles. The predicted octanol–water partition coefficient (Wildman–Crippen LogP) is 1.61. The summed E-state index contributed by atoms with van der Waals surface area (Å²) in [7, 11) is 1.53. The van der Waals surface area contributed by atoms with Crippen molar-refractivity contribution in [3.8, 4) is 5.75 Å². The van der Waals surface area contributed by atoms with Gasteiger partial charge in [-0.05, 0) is 43.7 Å². The maximum atomic E-state index is 13.1. The van der Waals surface area contributed by atoms with E-state index >= 15 is 0 Å². The Bertz CT molecular complexity index is 1140. The molecule has 2 fully saturated rings. The standard InChI is InChI=1S/C24H30ClN5O5/c1-35-15-8-14-10-19(28-20(14)16(25)11-15)24(34)30-18(7-12-4-5-12)23(33)29-17(21(26)31)9-13-3-2-6-27-22(13)32/h8,10-13,17-18,28H,2-7,9H2,1H3,(H2,26,31)(H,27,32)(H,29,33)(H,30,34)/t13-,17-,18-/m0/s1. The lowest BCUT2D eigenvalue weighted by Gasteiger charge is -2.27. The third kappa shape index (κ3) is 6.05. The average molecular weight is 504 g/mol. The van der Waals surface area contributed by atoms with Crippen molar-refractivity contribution < 1.29 is 23.9 Å². The third-order valence-corrected chi connectivity index (χ3v) is 6.90. The first kappa shape index (κ1) is 24.8. The van der Waals surface area contributed by atoms with E-state index in [-0.39, 0.29) is 18.0 Å². The van der Waals surface area contributed by atoms with Gasteiger partial charge in [0.05, 0.1) is 17.6 Å². The number of ether oxygens (including phenoxy) is 1. The largest absolute Gasteiger partial charge is 0.497 e. The number of hydrogen-bond donors (Lipinski definition) is 5. The predicted molar refractivity (Wildman–Crippen MR) is 130 cm³/mol. The highest BCUT2D eigenvalue weighted by Gasteiger charge is 2.34. The molecular weight excluding hydrogens is 474 g/mol. The van der Waals surface area contributed by atoms with Crippen LogP contribution in [0.5, 0.6) is 5.75 Å². The number of aromatic amines is 1. The Morgan fingerprint density at radius 1 is 1.14 bits per heavy atom. The number of rotatable bonds is 10. The van der Waals surface area contributed by atoms with Crippen molar-refractivity contribution in [2.45, 2.75) is 50.6 Å². The first-order valence-corrected chi connectivity index (χ1v) is 12.2. The first-order valence-electron chi connectivity index (χ1n) is 11.8. The fraction of sp³-hybridized carbons (Fsp3) is 0.500. The third-order valence-electron chi connectivity index (χ3n) is 6.60. The van der Waals surface area contributed by atoms with Crippen LogP contribution in [0.15, 0.2) is 18.2 Å². The number of methoxy groups -OCH3 is 1. The van der Waals surface area contributed by atoms with Gasteiger partial charge in [0.1, 0.15) is 23.5 Å². The summed E-state index contributed by atoms with van der Waals surface area (Å²) in [6.07, 6.45) is 3.95. The molecule has 11 heteroatoms. The molecular formula is C24H30ClN5O5. The molecule has 0 bridgehead atoms. The van der Waals surface area contributed by atoms with Gasteiger partial charge in [-0.15, -0.1) is 0 Å². The zero-order chi connectivity index (χ0) is 25.1. The second-order valence-electron chi connectivity index (χ2n) is 9.29. The van der Waals surface area contributed by atoms with E-state index in [2.05, 4.69) is 20.9 Å². The number of amides is 4. The van der Waals surface area contributed by atoms with Crippen molar-refractivity contribution in [1.82, 2.24) is 20.9 Å². The summed E-state index contributed by atoms with van der Waals surface area (Å²) < 4.78 is 5.22. The zero-order valence-electron chi connectivity index (χ0n) is 19.5. The molecule has 1 aromatic carbocycles. The Labute approximate surface area is 207 Å². The highest BCUT2D eigenvalue weighted by Crippen LogP contribution is 2.34. The van der Waals surface area contributed by atoms with Crippen molar-refractivity contribution in [1.29, 1.82) is 0 Å². The highest BCUT2D eigenvalue weighted by atomic mass is 35.5. The first-order chi connectivity index (χ1) is 16.7. The summed E-state index contributed by atoms with van der Waals surface area (Å²) in [5.74, 6) is -1.35. The minimum absolute atomic E-state index is 0.124. The van der Waals surface area contributed by atoms with Crippen LogP contribution < -0.4 is 26.4 Å². The number of halogens is 1. The van der Waals surface area contributed by atoms with E-state index in [1.165, 1.54) is 7.11 Å². The molecule has 0 spiro atoms. The zero-order valence-corrected chi connectivity index (χ0v) is 20.2. The van der Waals surface area contributed by atoms with Crippen LogP contribution in [0.1, 0.15) is 49.0 Å². The van der Waals surface area contributed by atoms with Crippen LogP contribution in [0.4, 0.5) is 0 Å². The average Bonchev–Trinajstić information content (AvgIpc) is 3.53. The Morgan fingerprint density at radius 2 is 1.91 bits per heavy atom. The SMILES string of the molecule is COc1cc(Cl)c2[nH]c(C(=O)N[C@@H](CC3CC3)C(=O)N[C@@H](C[C@@H]3CCCNC3=O)C(N)=O)cc2c1. The Balaban J connectivity index is 1.47. The van der Waals surface area contributed by atoms with Crippen LogP contribution in [0.25, 0.3) is 10.9 Å². The summed E-state index contributed by atoms with van der Waals surface area (Å²) >= 11 is 6.29. The van der Waals surface area contributed by atoms with Gasteiger partial charge in [0.15, 0.2) is 0 Å². The molecule has 2 aromatic rings. The van der Waals surface area contributed by atoms with E-state index in [0.717, 1.165) is 19.3 Å². The number of benzene rings is 1. The second-order valence-corrected chi connectivity index (χ2v) is 9.70. The molecule has 4 amide bonds. The quantitative estimate of drug-likeness (QED) is 0.333. The van der Waals surface area contributed by atoms with E-state index in [4.69, 9.17) is 22.1 Å². The molecule has 3 atom stereocenters. The van der Waals surface area contributed by atoms with E-state index in [0.29, 0.717) is 47.0 Å². The molecule has 188 valence electrons. The smallest absolute Gasteiger partial charge is 0.268 e. The lowest BCUT2D eigenvalue weighted by atomic mass is 9.91. The molecule has 1 saturated heterocycles. The fourth-order valence-corrected chi connectivity index (χ4v) is 4.70. The Morgan fingerprint density at radius 3 is 2.57 bits per heavy atom. The van der Waals surface area contributed by atoms with Gasteiger partial charge >= 0.3 is 0 Å². The van der Waals surface area contributed by atoms with Crippen LogP contribution in [-0.2, 0) is 14.4 Å². The molecule has 1 aliphatic carbocycles. The molecule has 1 aliphatic heterocycles. The highest BCUT2D eigenvalue weighted by molar-refractivity contribution is 6.35.